The fourth-order valence-corrected chi connectivity index (χ4v) is 7.38. The van der Waals surface area contributed by atoms with Crippen LogP contribution in [0.15, 0.2) is 11.0 Å². The van der Waals surface area contributed by atoms with Gasteiger partial charge in [-0.15, -0.1) is 11.3 Å². The van der Waals surface area contributed by atoms with E-state index in [-0.39, 0.29) is 5.91 Å². The number of hydrogen-bond acceptors (Lipinski definition) is 5. The van der Waals surface area contributed by atoms with Crippen LogP contribution in [0.1, 0.15) is 66.0 Å². The van der Waals surface area contributed by atoms with Gasteiger partial charge in [-0.3, -0.25) is 4.79 Å². The van der Waals surface area contributed by atoms with Crippen LogP contribution >= 0.6 is 11.3 Å². The minimum atomic E-state index is -3.55. The second-order valence-corrected chi connectivity index (χ2v) is 11.5. The van der Waals surface area contributed by atoms with Gasteiger partial charge in [0.25, 0.3) is 5.91 Å². The van der Waals surface area contributed by atoms with E-state index in [0.29, 0.717) is 39.3 Å². The lowest BCUT2D eigenvalue weighted by atomic mass is 10.1. The zero-order valence-corrected chi connectivity index (χ0v) is 20.3. The van der Waals surface area contributed by atoms with Crippen molar-refractivity contribution >= 4 is 27.3 Å². The van der Waals surface area contributed by atoms with E-state index in [2.05, 4.69) is 4.98 Å². The summed E-state index contributed by atoms with van der Waals surface area (Å²) in [7, 11) is -1.68. The molecule has 4 heterocycles. The summed E-state index contributed by atoms with van der Waals surface area (Å²) >= 11 is 1.37. The third kappa shape index (κ3) is 4.32. The zero-order valence-electron chi connectivity index (χ0n) is 18.7. The fraction of sp³-hybridized carbons (Fsp3) is 0.636. The van der Waals surface area contributed by atoms with E-state index in [1.807, 2.05) is 30.4 Å². The number of nitrogens with zero attached hydrogens (tertiary/aromatic N) is 4. The van der Waals surface area contributed by atoms with Gasteiger partial charge in [0.1, 0.15) is 14.8 Å². The molecule has 0 unspecified atom stereocenters. The third-order valence-electron chi connectivity index (χ3n) is 6.52. The first-order valence-corrected chi connectivity index (χ1v) is 13.5. The van der Waals surface area contributed by atoms with Crippen molar-refractivity contribution in [1.29, 1.82) is 0 Å². The lowest BCUT2D eigenvalue weighted by Gasteiger charge is -2.26. The van der Waals surface area contributed by atoms with Crippen molar-refractivity contribution in [3.63, 3.8) is 0 Å². The molecule has 1 amide bonds. The summed E-state index contributed by atoms with van der Waals surface area (Å²) < 4.78 is 30.3. The summed E-state index contributed by atoms with van der Waals surface area (Å²) in [5, 5.41) is 0.695. The summed E-state index contributed by atoms with van der Waals surface area (Å²) in [6.07, 6.45) is 7.25. The molecule has 7 nitrogen and oxygen atoms in total. The molecule has 0 aliphatic carbocycles. The highest BCUT2D eigenvalue weighted by Crippen LogP contribution is 2.34. The van der Waals surface area contributed by atoms with Crippen molar-refractivity contribution in [2.45, 2.75) is 63.7 Å². The summed E-state index contributed by atoms with van der Waals surface area (Å²) in [4.78, 5) is 20.6. The number of aromatic nitrogens is 2. The normalized spacial score (nSPS) is 18.9. The topological polar surface area (TPSA) is 75.5 Å². The Morgan fingerprint density at radius 2 is 1.55 bits per heavy atom. The predicted molar refractivity (Wildman–Crippen MR) is 123 cm³/mol. The Morgan fingerprint density at radius 3 is 2.19 bits per heavy atom. The molecule has 0 N–H and O–H groups in total. The molecule has 0 spiro atoms. The van der Waals surface area contributed by atoms with Gasteiger partial charge in [0.15, 0.2) is 0 Å². The largest absolute Gasteiger partial charge is 0.345 e. The Kier molecular flexibility index (Phi) is 6.55. The first kappa shape index (κ1) is 22.5. The van der Waals surface area contributed by atoms with E-state index in [1.165, 1.54) is 17.8 Å². The SMILES string of the molecule is Cc1nc(-c2cc(S(=O)(=O)N3CCCCCC3)c(C)n2C)sc1C(=O)N1CCCCC1. The molecule has 2 aliphatic heterocycles. The first-order valence-electron chi connectivity index (χ1n) is 11.2. The predicted octanol–water partition coefficient (Wildman–Crippen LogP) is 3.96. The number of aryl methyl sites for hydroxylation is 1. The van der Waals surface area contributed by atoms with Crippen molar-refractivity contribution in [3.05, 3.63) is 22.3 Å². The fourth-order valence-electron chi connectivity index (χ4n) is 4.50. The molecule has 2 aromatic rings. The van der Waals surface area contributed by atoms with Crippen LogP contribution in [0.5, 0.6) is 0 Å². The van der Waals surface area contributed by atoms with Gasteiger partial charge >= 0.3 is 0 Å². The highest BCUT2D eigenvalue weighted by Gasteiger charge is 2.31. The van der Waals surface area contributed by atoms with Gasteiger partial charge in [-0.1, -0.05) is 12.8 Å². The van der Waals surface area contributed by atoms with Crippen molar-refractivity contribution in [1.82, 2.24) is 18.8 Å². The second-order valence-electron chi connectivity index (χ2n) is 8.64. The summed E-state index contributed by atoms with van der Waals surface area (Å²) in [5.41, 5.74) is 2.17. The number of carbonyl (C=O) groups is 1. The lowest BCUT2D eigenvalue weighted by Crippen LogP contribution is -2.35. The average Bonchev–Trinajstić information content (AvgIpc) is 3.14. The van der Waals surface area contributed by atoms with Crippen LogP contribution in [0.3, 0.4) is 0 Å². The number of amides is 1. The molecule has 4 rings (SSSR count). The summed E-state index contributed by atoms with van der Waals surface area (Å²) in [6.45, 7) is 6.46. The number of rotatable bonds is 4. The van der Waals surface area contributed by atoms with Crippen molar-refractivity contribution < 1.29 is 13.2 Å². The molecular formula is C22H32N4O3S2. The van der Waals surface area contributed by atoms with Gasteiger partial charge in [0.05, 0.1) is 11.4 Å². The molecule has 0 atom stereocenters. The number of thiazole rings is 1. The van der Waals surface area contributed by atoms with E-state index in [4.69, 9.17) is 0 Å². The van der Waals surface area contributed by atoms with Crippen LogP contribution in [-0.2, 0) is 17.1 Å². The van der Waals surface area contributed by atoms with Gasteiger partial charge in [0.2, 0.25) is 10.0 Å². The highest BCUT2D eigenvalue weighted by molar-refractivity contribution is 7.89. The number of sulfonamides is 1. The van der Waals surface area contributed by atoms with Crippen molar-refractivity contribution in [2.75, 3.05) is 26.2 Å². The van der Waals surface area contributed by atoms with Gasteiger partial charge in [-0.2, -0.15) is 4.31 Å². The third-order valence-corrected chi connectivity index (χ3v) is 9.71. The Hall–Kier alpha value is -1.71. The van der Waals surface area contributed by atoms with E-state index >= 15 is 0 Å². The number of carbonyl (C=O) groups excluding carboxylic acids is 1. The number of likely N-dealkylation sites (tertiary alicyclic amines) is 1. The van der Waals surface area contributed by atoms with Crippen molar-refractivity contribution in [3.8, 4) is 10.7 Å². The monoisotopic (exact) mass is 464 g/mol. The lowest BCUT2D eigenvalue weighted by molar-refractivity contribution is 0.0728. The van der Waals surface area contributed by atoms with Gasteiger partial charge < -0.3 is 9.47 Å². The maximum atomic E-state index is 13.4. The molecule has 2 fully saturated rings. The molecule has 2 saturated heterocycles. The van der Waals surface area contributed by atoms with Crippen molar-refractivity contribution in [2.24, 2.45) is 7.05 Å². The molecule has 0 bridgehead atoms. The van der Waals surface area contributed by atoms with Crippen LogP contribution < -0.4 is 0 Å². The van der Waals surface area contributed by atoms with Crippen LogP contribution in [-0.4, -0.2) is 59.3 Å². The number of hydrogen-bond donors (Lipinski definition) is 0. The Balaban J connectivity index is 1.66. The van der Waals surface area contributed by atoms with Gasteiger partial charge in [-0.05, 0) is 52.0 Å². The smallest absolute Gasteiger partial charge is 0.265 e. The Labute approximate surface area is 189 Å². The van der Waals surface area contributed by atoms with Crippen LogP contribution in [0.4, 0.5) is 0 Å². The quantitative estimate of drug-likeness (QED) is 0.686. The standard InChI is InChI=1S/C22H32N4O3S2/c1-16-20(22(27)25-11-7-6-8-12-25)30-21(23-16)18-15-19(17(2)24(18)3)31(28,29)26-13-9-4-5-10-14-26/h15H,4-14H2,1-3H3. The summed E-state index contributed by atoms with van der Waals surface area (Å²) in [6, 6.07) is 1.74. The molecule has 170 valence electrons. The molecule has 0 radical (unpaired) electrons. The van der Waals surface area contributed by atoms with Crippen LogP contribution in [0.25, 0.3) is 10.7 Å². The van der Waals surface area contributed by atoms with Gasteiger partial charge in [0, 0.05) is 38.9 Å². The molecular weight excluding hydrogens is 432 g/mol. The molecule has 2 aromatic heterocycles. The molecule has 0 aromatic carbocycles. The summed E-state index contributed by atoms with van der Waals surface area (Å²) in [5.74, 6) is 0.0456. The average molecular weight is 465 g/mol. The van der Waals surface area contributed by atoms with E-state index in [0.717, 1.165) is 57.3 Å². The van der Waals surface area contributed by atoms with Crippen LogP contribution in [0, 0.1) is 13.8 Å². The number of piperidine rings is 1. The Morgan fingerprint density at radius 1 is 0.968 bits per heavy atom. The molecule has 2 aliphatic rings. The first-order chi connectivity index (χ1) is 14.8. The molecule has 0 saturated carbocycles. The second kappa shape index (κ2) is 9.03. The van der Waals surface area contributed by atoms with E-state index in [1.54, 1.807) is 10.4 Å². The highest BCUT2D eigenvalue weighted by atomic mass is 32.2. The minimum absolute atomic E-state index is 0.0456. The Bertz CT molecular complexity index is 1060. The minimum Gasteiger partial charge on any atom is -0.345 e. The maximum absolute atomic E-state index is 13.4. The van der Waals surface area contributed by atoms with E-state index in [9.17, 15) is 13.2 Å². The molecule has 31 heavy (non-hydrogen) atoms. The molecule has 9 heteroatoms. The maximum Gasteiger partial charge on any atom is 0.265 e. The zero-order chi connectivity index (χ0) is 22.2. The van der Waals surface area contributed by atoms with E-state index < -0.39 is 10.0 Å². The van der Waals surface area contributed by atoms with Crippen LogP contribution in [0.2, 0.25) is 0 Å². The van der Waals surface area contributed by atoms with Gasteiger partial charge in [-0.25, -0.2) is 13.4 Å².